The third-order valence-electron chi connectivity index (χ3n) is 2.70. The van der Waals surface area contributed by atoms with E-state index < -0.39 is 0 Å². The monoisotopic (exact) mass is 221 g/mol. The quantitative estimate of drug-likeness (QED) is 0.804. The van der Waals surface area contributed by atoms with Gasteiger partial charge in [-0.3, -0.25) is 4.79 Å². The van der Waals surface area contributed by atoms with E-state index in [1.54, 1.807) is 4.90 Å². The summed E-state index contributed by atoms with van der Waals surface area (Å²) in [6.45, 7) is 1.01. The first-order valence-corrected chi connectivity index (χ1v) is 5.33. The molecule has 1 fully saturated rings. The number of hydrogen-bond donors (Lipinski definition) is 1. The van der Waals surface area contributed by atoms with Gasteiger partial charge in [0.1, 0.15) is 6.61 Å². The molecule has 16 heavy (non-hydrogen) atoms. The largest absolute Gasteiger partial charge is 0.394 e. The molecule has 1 amide bonds. The van der Waals surface area contributed by atoms with Crippen molar-refractivity contribution in [1.82, 2.24) is 4.90 Å². The topological polar surface area (TPSA) is 49.8 Å². The van der Waals surface area contributed by atoms with Crippen LogP contribution in [0, 0.1) is 0 Å². The van der Waals surface area contributed by atoms with Crippen LogP contribution in [0.15, 0.2) is 30.3 Å². The van der Waals surface area contributed by atoms with Crippen LogP contribution in [-0.2, 0) is 16.1 Å². The molecular formula is C12H15NO3. The molecule has 1 aromatic rings. The maximum Gasteiger partial charge on any atom is 0.249 e. The minimum Gasteiger partial charge on any atom is -0.394 e. The molecule has 1 aliphatic rings. The second-order valence-electron chi connectivity index (χ2n) is 3.86. The number of aliphatic hydroxyl groups is 1. The highest BCUT2D eigenvalue weighted by Crippen LogP contribution is 2.12. The van der Waals surface area contributed by atoms with Crippen LogP contribution in [-0.4, -0.2) is 41.8 Å². The molecule has 2 rings (SSSR count). The number of morpholine rings is 1. The van der Waals surface area contributed by atoms with E-state index in [2.05, 4.69) is 0 Å². The first-order valence-electron chi connectivity index (χ1n) is 5.33. The maximum atomic E-state index is 11.7. The van der Waals surface area contributed by atoms with Gasteiger partial charge in [0.15, 0.2) is 0 Å². The molecule has 0 aromatic heterocycles. The highest BCUT2D eigenvalue weighted by atomic mass is 16.5. The van der Waals surface area contributed by atoms with Crippen LogP contribution in [0.3, 0.4) is 0 Å². The van der Waals surface area contributed by atoms with Gasteiger partial charge in [0.2, 0.25) is 5.91 Å². The molecule has 1 heterocycles. The highest BCUT2D eigenvalue weighted by Gasteiger charge is 2.27. The number of carbonyl (C=O) groups excluding carboxylic acids is 1. The molecule has 0 aliphatic carbocycles. The van der Waals surface area contributed by atoms with Gasteiger partial charge >= 0.3 is 0 Å². The van der Waals surface area contributed by atoms with Gasteiger partial charge in [0.25, 0.3) is 0 Å². The van der Waals surface area contributed by atoms with Crippen LogP contribution < -0.4 is 0 Å². The molecule has 1 aromatic carbocycles. The zero-order valence-corrected chi connectivity index (χ0v) is 9.00. The summed E-state index contributed by atoms with van der Waals surface area (Å²) in [6.07, 6.45) is 0. The van der Waals surface area contributed by atoms with E-state index in [0.29, 0.717) is 13.2 Å². The number of carbonyl (C=O) groups is 1. The molecular weight excluding hydrogens is 206 g/mol. The minimum atomic E-state index is -0.221. The summed E-state index contributed by atoms with van der Waals surface area (Å²) in [5.41, 5.74) is 1.07. The summed E-state index contributed by atoms with van der Waals surface area (Å²) in [5.74, 6) is -0.0610. The van der Waals surface area contributed by atoms with Crippen LogP contribution in [0.2, 0.25) is 0 Å². The zero-order chi connectivity index (χ0) is 11.4. The standard InChI is InChI=1S/C12H15NO3/c14-7-11-8-16-9-12(15)13(11)6-10-4-2-1-3-5-10/h1-5,11,14H,6-9H2. The fourth-order valence-electron chi connectivity index (χ4n) is 1.81. The fraction of sp³-hybridized carbons (Fsp3) is 0.417. The number of aliphatic hydroxyl groups excluding tert-OH is 1. The van der Waals surface area contributed by atoms with Crippen molar-refractivity contribution in [2.75, 3.05) is 19.8 Å². The molecule has 1 saturated heterocycles. The van der Waals surface area contributed by atoms with Gasteiger partial charge in [0.05, 0.1) is 19.3 Å². The summed E-state index contributed by atoms with van der Waals surface area (Å²) >= 11 is 0. The summed E-state index contributed by atoms with van der Waals surface area (Å²) in [4.78, 5) is 13.3. The van der Waals surface area contributed by atoms with Crippen molar-refractivity contribution < 1.29 is 14.6 Å². The van der Waals surface area contributed by atoms with Crippen molar-refractivity contribution in [2.45, 2.75) is 12.6 Å². The Kier molecular flexibility index (Phi) is 3.54. The zero-order valence-electron chi connectivity index (χ0n) is 9.00. The number of ether oxygens (including phenoxy) is 1. The molecule has 1 atom stereocenters. The van der Waals surface area contributed by atoms with Crippen molar-refractivity contribution in [3.63, 3.8) is 0 Å². The van der Waals surface area contributed by atoms with Gasteiger partial charge in [-0.2, -0.15) is 0 Å². The van der Waals surface area contributed by atoms with E-state index in [1.807, 2.05) is 30.3 Å². The first-order chi connectivity index (χ1) is 7.81. The summed E-state index contributed by atoms with van der Waals surface area (Å²) in [5, 5.41) is 9.18. The van der Waals surface area contributed by atoms with Crippen LogP contribution in [0.4, 0.5) is 0 Å². The van der Waals surface area contributed by atoms with Crippen LogP contribution in [0.1, 0.15) is 5.56 Å². The van der Waals surface area contributed by atoms with Gasteiger partial charge in [0, 0.05) is 6.54 Å². The Balaban J connectivity index is 2.08. The molecule has 1 aliphatic heterocycles. The lowest BCUT2D eigenvalue weighted by Gasteiger charge is -2.34. The molecule has 0 bridgehead atoms. The lowest BCUT2D eigenvalue weighted by Crippen LogP contribution is -2.50. The predicted molar refractivity (Wildman–Crippen MR) is 58.7 cm³/mol. The number of benzene rings is 1. The lowest BCUT2D eigenvalue weighted by molar-refractivity contribution is -0.151. The Bertz CT molecular complexity index is 353. The van der Waals surface area contributed by atoms with E-state index in [9.17, 15) is 9.90 Å². The molecule has 0 spiro atoms. The van der Waals surface area contributed by atoms with E-state index >= 15 is 0 Å². The van der Waals surface area contributed by atoms with Gasteiger partial charge in [-0.15, -0.1) is 0 Å². The predicted octanol–water partition coefficient (Wildman–Crippen LogP) is 0.406. The molecule has 1 N–H and O–H groups in total. The van der Waals surface area contributed by atoms with Crippen LogP contribution >= 0.6 is 0 Å². The van der Waals surface area contributed by atoms with Gasteiger partial charge in [-0.05, 0) is 5.56 Å². The van der Waals surface area contributed by atoms with Gasteiger partial charge in [-0.1, -0.05) is 30.3 Å². The Morgan fingerprint density at radius 1 is 1.38 bits per heavy atom. The van der Waals surface area contributed by atoms with E-state index in [1.165, 1.54) is 0 Å². The van der Waals surface area contributed by atoms with Gasteiger partial charge < -0.3 is 14.7 Å². The van der Waals surface area contributed by atoms with Crippen molar-refractivity contribution in [2.24, 2.45) is 0 Å². The molecule has 4 heteroatoms. The second kappa shape index (κ2) is 5.09. The van der Waals surface area contributed by atoms with E-state index in [-0.39, 0.29) is 25.2 Å². The Labute approximate surface area is 94.4 Å². The third-order valence-corrected chi connectivity index (χ3v) is 2.70. The van der Waals surface area contributed by atoms with E-state index in [4.69, 9.17) is 4.74 Å². The molecule has 0 radical (unpaired) electrons. The van der Waals surface area contributed by atoms with Crippen molar-refractivity contribution in [1.29, 1.82) is 0 Å². The molecule has 4 nitrogen and oxygen atoms in total. The van der Waals surface area contributed by atoms with Crippen molar-refractivity contribution in [3.05, 3.63) is 35.9 Å². The summed E-state index contributed by atoms with van der Waals surface area (Å²) < 4.78 is 5.10. The SMILES string of the molecule is O=C1COCC(CO)N1Cc1ccccc1. The number of amides is 1. The number of nitrogens with zero attached hydrogens (tertiary/aromatic N) is 1. The second-order valence-corrected chi connectivity index (χ2v) is 3.86. The van der Waals surface area contributed by atoms with E-state index in [0.717, 1.165) is 5.56 Å². The maximum absolute atomic E-state index is 11.7. The Morgan fingerprint density at radius 3 is 2.81 bits per heavy atom. The average molecular weight is 221 g/mol. The highest BCUT2D eigenvalue weighted by molar-refractivity contribution is 5.78. The first kappa shape index (κ1) is 11.1. The fourth-order valence-corrected chi connectivity index (χ4v) is 1.81. The van der Waals surface area contributed by atoms with Gasteiger partial charge in [-0.25, -0.2) is 0 Å². The Morgan fingerprint density at radius 2 is 2.12 bits per heavy atom. The van der Waals surface area contributed by atoms with Crippen molar-refractivity contribution >= 4 is 5.91 Å². The molecule has 0 saturated carbocycles. The summed E-state index contributed by atoms with van der Waals surface area (Å²) in [7, 11) is 0. The van der Waals surface area contributed by atoms with Crippen LogP contribution in [0.25, 0.3) is 0 Å². The minimum absolute atomic E-state index is 0.0570. The average Bonchev–Trinajstić information content (AvgIpc) is 2.33. The third kappa shape index (κ3) is 2.40. The summed E-state index contributed by atoms with van der Waals surface area (Å²) in [6, 6.07) is 9.53. The van der Waals surface area contributed by atoms with Crippen molar-refractivity contribution in [3.8, 4) is 0 Å². The van der Waals surface area contributed by atoms with Crippen LogP contribution in [0.5, 0.6) is 0 Å². The number of hydrogen-bond acceptors (Lipinski definition) is 3. The molecule has 1 unspecified atom stereocenters. The lowest BCUT2D eigenvalue weighted by atomic mass is 10.1. The smallest absolute Gasteiger partial charge is 0.249 e. The Hall–Kier alpha value is -1.39. The molecule has 86 valence electrons. The normalized spacial score (nSPS) is 21.2. The number of rotatable bonds is 3.